The molecule has 8 heteroatoms. The first-order valence-electron chi connectivity index (χ1n) is 8.25. The maximum absolute atomic E-state index is 12.7. The number of allylic oxidation sites excluding steroid dienone is 1. The van der Waals surface area contributed by atoms with Crippen LogP contribution >= 0.6 is 0 Å². The van der Waals surface area contributed by atoms with E-state index in [1.165, 1.54) is 32.4 Å². The standard InChI is InChI=1S/C20H21N3O5/c1-4-15(28-16-8-6-5-7-12(16)11-24)20(25)23-14-10-18(27-3)17(26-2)9-13(14)19(21)22/h4-11H,1-3H3,(H3,21,22)(H,23,25)/b15-4-. The number of anilines is 1. The molecule has 0 bridgehead atoms. The van der Waals surface area contributed by atoms with E-state index < -0.39 is 5.91 Å². The van der Waals surface area contributed by atoms with Crippen LogP contribution in [0.4, 0.5) is 5.69 Å². The zero-order valence-corrected chi connectivity index (χ0v) is 15.7. The van der Waals surface area contributed by atoms with Crippen LogP contribution in [0, 0.1) is 5.41 Å². The quantitative estimate of drug-likeness (QED) is 0.212. The molecule has 0 atom stereocenters. The predicted molar refractivity (Wildman–Crippen MR) is 105 cm³/mol. The molecule has 28 heavy (non-hydrogen) atoms. The smallest absolute Gasteiger partial charge is 0.291 e. The van der Waals surface area contributed by atoms with Crippen LogP contribution in [-0.4, -0.2) is 32.2 Å². The molecule has 2 aromatic carbocycles. The van der Waals surface area contributed by atoms with E-state index in [4.69, 9.17) is 25.4 Å². The highest BCUT2D eigenvalue weighted by molar-refractivity contribution is 6.09. The van der Waals surface area contributed by atoms with Gasteiger partial charge in [-0.25, -0.2) is 0 Å². The van der Waals surface area contributed by atoms with Crippen molar-refractivity contribution in [2.45, 2.75) is 6.92 Å². The summed E-state index contributed by atoms with van der Waals surface area (Å²) in [6, 6.07) is 9.53. The summed E-state index contributed by atoms with van der Waals surface area (Å²) in [5, 5.41) is 10.4. The van der Waals surface area contributed by atoms with E-state index in [2.05, 4.69) is 5.32 Å². The molecule has 0 aliphatic heterocycles. The number of hydrogen-bond acceptors (Lipinski definition) is 6. The third-order valence-electron chi connectivity index (χ3n) is 3.81. The molecule has 2 rings (SSSR count). The molecule has 0 saturated heterocycles. The predicted octanol–water partition coefficient (Wildman–Crippen LogP) is 2.72. The van der Waals surface area contributed by atoms with Crippen LogP contribution in [0.5, 0.6) is 17.2 Å². The second-order valence-electron chi connectivity index (χ2n) is 5.53. The third-order valence-corrected chi connectivity index (χ3v) is 3.81. The topological polar surface area (TPSA) is 124 Å². The van der Waals surface area contributed by atoms with E-state index in [9.17, 15) is 9.59 Å². The number of amides is 1. The Bertz CT molecular complexity index is 937. The van der Waals surface area contributed by atoms with Gasteiger partial charge in [-0.05, 0) is 31.2 Å². The summed E-state index contributed by atoms with van der Waals surface area (Å²) in [6.45, 7) is 1.62. The summed E-state index contributed by atoms with van der Waals surface area (Å²) < 4.78 is 16.0. The first-order valence-corrected chi connectivity index (χ1v) is 8.25. The Labute approximate surface area is 162 Å². The summed E-state index contributed by atoms with van der Waals surface area (Å²) in [4.78, 5) is 23.8. The van der Waals surface area contributed by atoms with Crippen molar-refractivity contribution in [2.75, 3.05) is 19.5 Å². The molecular weight excluding hydrogens is 362 g/mol. The second kappa shape index (κ2) is 9.22. The van der Waals surface area contributed by atoms with Crippen LogP contribution in [-0.2, 0) is 4.79 Å². The van der Waals surface area contributed by atoms with Crippen molar-refractivity contribution in [1.82, 2.24) is 0 Å². The number of nitrogens with two attached hydrogens (primary N) is 1. The molecule has 0 radical (unpaired) electrons. The molecular formula is C20H21N3O5. The number of rotatable bonds is 8. The fourth-order valence-corrected chi connectivity index (χ4v) is 2.41. The highest BCUT2D eigenvalue weighted by atomic mass is 16.5. The molecule has 4 N–H and O–H groups in total. The zero-order valence-electron chi connectivity index (χ0n) is 15.7. The fourth-order valence-electron chi connectivity index (χ4n) is 2.41. The van der Waals surface area contributed by atoms with Gasteiger partial charge in [-0.1, -0.05) is 12.1 Å². The van der Waals surface area contributed by atoms with Gasteiger partial charge in [-0.15, -0.1) is 0 Å². The molecule has 0 aliphatic carbocycles. The molecule has 8 nitrogen and oxygen atoms in total. The lowest BCUT2D eigenvalue weighted by Gasteiger charge is -2.16. The lowest BCUT2D eigenvalue weighted by Crippen LogP contribution is -2.22. The lowest BCUT2D eigenvalue weighted by atomic mass is 10.1. The van der Waals surface area contributed by atoms with Crippen LogP contribution in [0.1, 0.15) is 22.8 Å². The van der Waals surface area contributed by atoms with Crippen molar-refractivity contribution in [3.8, 4) is 17.2 Å². The number of amidine groups is 1. The van der Waals surface area contributed by atoms with Crippen LogP contribution in [0.2, 0.25) is 0 Å². The molecule has 0 heterocycles. The third kappa shape index (κ3) is 4.47. The molecule has 0 spiro atoms. The number of nitrogens with one attached hydrogen (secondary N) is 2. The van der Waals surface area contributed by atoms with Gasteiger partial charge in [0.25, 0.3) is 5.91 Å². The van der Waals surface area contributed by atoms with Gasteiger partial charge in [0, 0.05) is 11.6 Å². The average Bonchev–Trinajstić information content (AvgIpc) is 2.71. The van der Waals surface area contributed by atoms with Gasteiger partial charge in [-0.2, -0.15) is 0 Å². The summed E-state index contributed by atoms with van der Waals surface area (Å²) in [6.07, 6.45) is 2.10. The Hall–Kier alpha value is -3.81. The van der Waals surface area contributed by atoms with Gasteiger partial charge in [0.2, 0.25) is 0 Å². The van der Waals surface area contributed by atoms with Gasteiger partial charge in [0.15, 0.2) is 23.5 Å². The number of nitrogen functional groups attached to an aromatic ring is 1. The largest absolute Gasteiger partial charge is 0.493 e. The number of benzene rings is 2. The summed E-state index contributed by atoms with van der Waals surface area (Å²) in [5.41, 5.74) is 6.45. The van der Waals surface area contributed by atoms with Gasteiger partial charge in [0.05, 0.1) is 25.5 Å². The normalized spacial score (nSPS) is 10.8. The van der Waals surface area contributed by atoms with Crippen LogP contribution in [0.15, 0.2) is 48.2 Å². The number of carbonyl (C=O) groups is 2. The Kier molecular flexibility index (Phi) is 6.75. The number of ether oxygens (including phenoxy) is 3. The molecule has 2 aromatic rings. The molecule has 0 saturated carbocycles. The van der Waals surface area contributed by atoms with Gasteiger partial charge in [-0.3, -0.25) is 15.0 Å². The minimum absolute atomic E-state index is 0.0291. The average molecular weight is 383 g/mol. The van der Waals surface area contributed by atoms with Gasteiger partial charge in [0.1, 0.15) is 11.6 Å². The van der Waals surface area contributed by atoms with Crippen molar-refractivity contribution in [1.29, 1.82) is 5.41 Å². The molecule has 0 aromatic heterocycles. The van der Waals surface area contributed by atoms with Crippen LogP contribution in [0.25, 0.3) is 0 Å². The van der Waals surface area contributed by atoms with Crippen molar-refractivity contribution in [2.24, 2.45) is 5.73 Å². The van der Waals surface area contributed by atoms with E-state index in [1.54, 1.807) is 31.2 Å². The van der Waals surface area contributed by atoms with Crippen molar-refractivity contribution in [3.05, 3.63) is 59.4 Å². The second-order valence-corrected chi connectivity index (χ2v) is 5.53. The van der Waals surface area contributed by atoms with Gasteiger partial charge < -0.3 is 25.3 Å². The monoisotopic (exact) mass is 383 g/mol. The molecule has 146 valence electrons. The number of para-hydroxylation sites is 1. The van der Waals surface area contributed by atoms with E-state index in [0.29, 0.717) is 23.3 Å². The minimum Gasteiger partial charge on any atom is -0.493 e. The number of methoxy groups -OCH3 is 2. The summed E-state index contributed by atoms with van der Waals surface area (Å²) >= 11 is 0. The zero-order chi connectivity index (χ0) is 20.7. The van der Waals surface area contributed by atoms with Crippen molar-refractivity contribution >= 4 is 23.7 Å². The molecule has 0 unspecified atom stereocenters. The molecule has 1 amide bonds. The summed E-state index contributed by atoms with van der Waals surface area (Å²) in [5.74, 6) is 0.104. The van der Waals surface area contributed by atoms with Crippen molar-refractivity contribution < 1.29 is 23.8 Å². The molecule has 0 aliphatic rings. The van der Waals surface area contributed by atoms with E-state index in [0.717, 1.165) is 0 Å². The highest BCUT2D eigenvalue weighted by Crippen LogP contribution is 2.33. The maximum atomic E-state index is 12.7. The van der Waals surface area contributed by atoms with Crippen LogP contribution in [0.3, 0.4) is 0 Å². The van der Waals surface area contributed by atoms with E-state index >= 15 is 0 Å². The number of hydrogen-bond donors (Lipinski definition) is 3. The van der Waals surface area contributed by atoms with Gasteiger partial charge >= 0.3 is 0 Å². The SMILES string of the molecule is C/C=C(\Oc1ccccc1C=O)C(=O)Nc1cc(OC)c(OC)cc1C(=N)N. The Balaban J connectivity index is 2.34. The van der Waals surface area contributed by atoms with E-state index in [-0.39, 0.29) is 28.6 Å². The number of aldehydes is 1. The Morgan fingerprint density at radius 2 is 1.75 bits per heavy atom. The van der Waals surface area contributed by atoms with Crippen LogP contribution < -0.4 is 25.3 Å². The minimum atomic E-state index is -0.585. The fraction of sp³-hybridized carbons (Fsp3) is 0.150. The first kappa shape index (κ1) is 20.5. The maximum Gasteiger partial charge on any atom is 0.291 e. The summed E-state index contributed by atoms with van der Waals surface area (Å²) in [7, 11) is 2.91. The first-order chi connectivity index (χ1) is 13.4. The lowest BCUT2D eigenvalue weighted by molar-refractivity contribution is -0.114. The highest BCUT2D eigenvalue weighted by Gasteiger charge is 2.18. The number of carbonyl (C=O) groups excluding carboxylic acids is 2. The Morgan fingerprint density at radius 1 is 1.11 bits per heavy atom. The molecule has 0 fully saturated rings. The Morgan fingerprint density at radius 3 is 2.32 bits per heavy atom. The van der Waals surface area contributed by atoms with Crippen molar-refractivity contribution in [3.63, 3.8) is 0 Å². The van der Waals surface area contributed by atoms with E-state index in [1.807, 2.05) is 0 Å².